The zero-order chi connectivity index (χ0) is 45.6. The summed E-state index contributed by atoms with van der Waals surface area (Å²) in [4.78, 5) is 36.9. The number of quaternary nitrogens is 1. The number of rotatable bonds is 40. The molecule has 8 heteroatoms. The molecule has 0 rings (SSSR count). The number of carboxylic acid groups (broad SMARTS) is 1. The highest BCUT2D eigenvalue weighted by molar-refractivity contribution is 5.70. The molecule has 348 valence electrons. The first-order valence-corrected chi connectivity index (χ1v) is 23.6. The molecule has 0 aliphatic rings. The van der Waals surface area contributed by atoms with Gasteiger partial charge in [0.05, 0.1) is 40.3 Å². The summed E-state index contributed by atoms with van der Waals surface area (Å²) in [6.07, 6.45) is 60.8. The minimum Gasteiger partial charge on any atom is -0.544 e. The monoisotopic (exact) mass is 860 g/mol. The number of unbranched alkanes of at least 4 members (excludes halogenated alkanes) is 6. The van der Waals surface area contributed by atoms with Crippen molar-refractivity contribution in [2.24, 2.45) is 0 Å². The summed E-state index contributed by atoms with van der Waals surface area (Å²) >= 11 is 0. The predicted octanol–water partition coefficient (Wildman–Crippen LogP) is 12.1. The van der Waals surface area contributed by atoms with Gasteiger partial charge in [0.15, 0.2) is 6.10 Å². The molecule has 0 saturated heterocycles. The third kappa shape index (κ3) is 41.1. The lowest BCUT2D eigenvalue weighted by molar-refractivity contribution is -0.889. The summed E-state index contributed by atoms with van der Waals surface area (Å²) in [5.41, 5.74) is 0. The van der Waals surface area contributed by atoms with Crippen LogP contribution in [-0.2, 0) is 28.6 Å². The van der Waals surface area contributed by atoms with Gasteiger partial charge in [-0.3, -0.25) is 9.59 Å². The normalized spacial score (nSPS) is 14.0. The lowest BCUT2D eigenvalue weighted by Gasteiger charge is -2.34. The van der Waals surface area contributed by atoms with Crippen LogP contribution in [0, 0.1) is 0 Å². The number of carbonyl (C=O) groups is 3. The van der Waals surface area contributed by atoms with Gasteiger partial charge in [-0.05, 0) is 103 Å². The van der Waals surface area contributed by atoms with E-state index in [1.165, 1.54) is 0 Å². The van der Waals surface area contributed by atoms with E-state index in [1.54, 1.807) is 21.1 Å². The molecular formula is C54H85NO7. The predicted molar refractivity (Wildman–Crippen MR) is 258 cm³/mol. The molecule has 0 saturated carbocycles. The van der Waals surface area contributed by atoms with Crippen LogP contribution in [0.2, 0.25) is 0 Å². The van der Waals surface area contributed by atoms with Crippen LogP contribution in [-0.4, -0.2) is 75.5 Å². The quantitative estimate of drug-likeness (QED) is 0.0262. The van der Waals surface area contributed by atoms with Gasteiger partial charge in [0.1, 0.15) is 12.6 Å². The van der Waals surface area contributed by atoms with Gasteiger partial charge in [0.25, 0.3) is 0 Å². The van der Waals surface area contributed by atoms with Crippen molar-refractivity contribution < 1.29 is 38.2 Å². The second-order valence-electron chi connectivity index (χ2n) is 16.2. The minimum absolute atomic E-state index is 0.00766. The van der Waals surface area contributed by atoms with Crippen molar-refractivity contribution in [1.82, 2.24) is 0 Å². The number of hydrogen-bond donors (Lipinski definition) is 0. The smallest absolute Gasteiger partial charge is 0.306 e. The van der Waals surface area contributed by atoms with Gasteiger partial charge in [-0.2, -0.15) is 0 Å². The maximum Gasteiger partial charge on any atom is 0.306 e. The number of carbonyl (C=O) groups excluding carboxylic acids is 3. The van der Waals surface area contributed by atoms with E-state index in [0.717, 1.165) is 109 Å². The van der Waals surface area contributed by atoms with Crippen LogP contribution in [0.5, 0.6) is 0 Å². The summed E-state index contributed by atoms with van der Waals surface area (Å²) in [5.74, 6) is -1.84. The van der Waals surface area contributed by atoms with E-state index in [0.29, 0.717) is 12.8 Å². The zero-order valence-corrected chi connectivity index (χ0v) is 39.5. The number of esters is 2. The van der Waals surface area contributed by atoms with E-state index in [4.69, 9.17) is 14.2 Å². The first-order valence-electron chi connectivity index (χ1n) is 23.6. The first-order chi connectivity index (χ1) is 30.1. The van der Waals surface area contributed by atoms with Gasteiger partial charge in [0.2, 0.25) is 0 Å². The summed E-state index contributed by atoms with van der Waals surface area (Å²) < 4.78 is 17.1. The molecule has 0 spiro atoms. The highest BCUT2D eigenvalue weighted by Crippen LogP contribution is 2.11. The van der Waals surface area contributed by atoms with Crippen LogP contribution in [0.3, 0.4) is 0 Å². The summed E-state index contributed by atoms with van der Waals surface area (Å²) in [6, 6.07) is -0.745. The Labute approximate surface area is 378 Å². The topological polar surface area (TPSA) is 102 Å². The number of aliphatic carboxylic acids is 1. The van der Waals surface area contributed by atoms with Crippen molar-refractivity contribution in [3.8, 4) is 0 Å². The Morgan fingerprint density at radius 3 is 1.23 bits per heavy atom. The summed E-state index contributed by atoms with van der Waals surface area (Å²) in [7, 11) is 5.37. The molecule has 0 aliphatic heterocycles. The van der Waals surface area contributed by atoms with Crippen molar-refractivity contribution in [1.29, 1.82) is 0 Å². The number of ether oxygens (including phenoxy) is 3. The lowest BCUT2D eigenvalue weighted by atomic mass is 10.1. The molecule has 8 nitrogen and oxygen atoms in total. The standard InChI is InChI=1S/C54H85NO7/c1-6-8-10-12-14-16-18-20-22-24-25-26-27-28-29-31-32-34-36-38-40-42-44-52(56)61-49-50(48-60-47-46-51(54(58)59)55(3,4)5)62-53(57)45-43-41-39-37-35-33-30-23-21-19-17-15-13-11-9-7-2/h8-11,14-17,20-23,25-26,28-29,32-35,50-51H,6-7,12-13,18-19,24,27,30-31,36-49H2,1-5H3/b10-8+,11-9+,16-14+,17-15+,22-20+,23-21+,26-25+,29-28+,34-32+,35-33+. The van der Waals surface area contributed by atoms with E-state index in [9.17, 15) is 19.5 Å². The molecule has 0 aromatic rings. The zero-order valence-electron chi connectivity index (χ0n) is 39.5. The van der Waals surface area contributed by atoms with Gasteiger partial charge in [-0.25, -0.2) is 0 Å². The lowest BCUT2D eigenvalue weighted by Crippen LogP contribution is -2.55. The van der Waals surface area contributed by atoms with Gasteiger partial charge >= 0.3 is 11.9 Å². The molecule has 0 aromatic heterocycles. The Balaban J connectivity index is 4.44. The van der Waals surface area contributed by atoms with Gasteiger partial charge in [-0.1, -0.05) is 148 Å². The highest BCUT2D eigenvalue weighted by Gasteiger charge is 2.25. The third-order valence-electron chi connectivity index (χ3n) is 9.59. The maximum absolute atomic E-state index is 12.7. The molecule has 0 heterocycles. The van der Waals surface area contributed by atoms with Crippen LogP contribution in [0.25, 0.3) is 0 Å². The van der Waals surface area contributed by atoms with E-state index in [2.05, 4.69) is 135 Å². The van der Waals surface area contributed by atoms with Gasteiger partial charge in [0, 0.05) is 19.3 Å². The molecule has 0 N–H and O–H groups in total. The number of hydrogen-bond acceptors (Lipinski definition) is 7. The Morgan fingerprint density at radius 2 is 0.855 bits per heavy atom. The second kappa shape index (κ2) is 43.4. The molecule has 0 radical (unpaired) electrons. The van der Waals surface area contributed by atoms with Crippen molar-refractivity contribution in [2.45, 2.75) is 161 Å². The average molecular weight is 860 g/mol. The number of allylic oxidation sites excluding steroid dienone is 20. The molecular weight excluding hydrogens is 775 g/mol. The number of nitrogens with zero attached hydrogens (tertiary/aromatic N) is 1. The number of likely N-dealkylation sites (N-methyl/N-ethyl adjacent to an activating group) is 1. The minimum atomic E-state index is -1.14. The van der Waals surface area contributed by atoms with Crippen molar-refractivity contribution in [2.75, 3.05) is 41.0 Å². The Bertz CT molecular complexity index is 1420. The molecule has 0 aromatic carbocycles. The van der Waals surface area contributed by atoms with Crippen molar-refractivity contribution in [3.05, 3.63) is 122 Å². The van der Waals surface area contributed by atoms with Crippen LogP contribution < -0.4 is 5.11 Å². The molecule has 2 unspecified atom stereocenters. The average Bonchev–Trinajstić information content (AvgIpc) is 3.23. The van der Waals surface area contributed by atoms with Crippen LogP contribution >= 0.6 is 0 Å². The van der Waals surface area contributed by atoms with E-state index >= 15 is 0 Å². The first kappa shape index (κ1) is 57.7. The third-order valence-corrected chi connectivity index (χ3v) is 9.59. The molecule has 2 atom stereocenters. The van der Waals surface area contributed by atoms with E-state index < -0.39 is 18.1 Å². The summed E-state index contributed by atoms with van der Waals surface area (Å²) in [6.45, 7) is 4.34. The Kier molecular flexibility index (Phi) is 40.4. The fourth-order valence-corrected chi connectivity index (χ4v) is 6.00. The van der Waals surface area contributed by atoms with Crippen LogP contribution in [0.1, 0.15) is 149 Å². The largest absolute Gasteiger partial charge is 0.544 e. The molecule has 0 bridgehead atoms. The Hall–Kier alpha value is -4.27. The summed E-state index contributed by atoms with van der Waals surface area (Å²) in [5, 5.41) is 11.6. The maximum atomic E-state index is 12.7. The van der Waals surface area contributed by atoms with E-state index in [-0.39, 0.29) is 49.1 Å². The SMILES string of the molecule is CC/C=C/C/C=C/C/C=C/C/C=C/C/C=C/C/C=C/CCCCCC(=O)OCC(COCCC(C(=O)[O-])[N+](C)(C)C)OC(=O)CCCCC/C=C/C/C=C/C/C=C/C/C=C/CC. The number of carboxylic acids is 1. The molecule has 0 amide bonds. The molecule has 0 fully saturated rings. The molecule has 62 heavy (non-hydrogen) atoms. The Morgan fingerprint density at radius 1 is 0.484 bits per heavy atom. The van der Waals surface area contributed by atoms with Crippen LogP contribution in [0.4, 0.5) is 0 Å². The fourth-order valence-electron chi connectivity index (χ4n) is 6.00. The van der Waals surface area contributed by atoms with Crippen molar-refractivity contribution in [3.63, 3.8) is 0 Å². The second-order valence-corrected chi connectivity index (χ2v) is 16.2. The van der Waals surface area contributed by atoms with Gasteiger partial charge in [-0.15, -0.1) is 0 Å². The fraction of sp³-hybridized carbons (Fsp3) is 0.574. The highest BCUT2D eigenvalue weighted by atomic mass is 16.6. The van der Waals surface area contributed by atoms with Crippen molar-refractivity contribution >= 4 is 17.9 Å². The van der Waals surface area contributed by atoms with Gasteiger partial charge < -0.3 is 28.6 Å². The molecule has 0 aliphatic carbocycles. The van der Waals surface area contributed by atoms with E-state index in [1.807, 2.05) is 0 Å². The van der Waals surface area contributed by atoms with Crippen LogP contribution in [0.15, 0.2) is 122 Å².